The molecule has 0 amide bonds. The Morgan fingerprint density at radius 3 is 2.46 bits per heavy atom. The van der Waals surface area contributed by atoms with Crippen LogP contribution in [0.5, 0.6) is 5.75 Å². The van der Waals surface area contributed by atoms with Crippen molar-refractivity contribution in [3.8, 4) is 5.75 Å². The van der Waals surface area contributed by atoms with Gasteiger partial charge in [-0.15, -0.1) is 0 Å². The molecule has 5 nitrogen and oxygen atoms in total. The van der Waals surface area contributed by atoms with Crippen LogP contribution in [0.15, 0.2) is 48.5 Å². The molecule has 24 heavy (non-hydrogen) atoms. The maximum atomic E-state index is 12.2. The van der Waals surface area contributed by atoms with E-state index < -0.39 is 7.60 Å². The highest BCUT2D eigenvalue weighted by molar-refractivity contribution is 7.54. The molecule has 0 fully saturated rings. The predicted octanol–water partition coefficient (Wildman–Crippen LogP) is 4.59. The molecule has 0 spiro atoms. The number of benzene rings is 2. The Labute approximate surface area is 146 Å². The Bertz CT molecular complexity index is 754. The summed E-state index contributed by atoms with van der Waals surface area (Å²) in [7, 11) is -0.894. The number of hydrogen-bond donors (Lipinski definition) is 0. The molecule has 0 radical (unpaired) electrons. The topological polar surface area (TPSA) is 61.8 Å². The molecular formula is C17H18ClO5P. The predicted molar refractivity (Wildman–Crippen MR) is 93.0 cm³/mol. The minimum Gasteiger partial charge on any atom is -0.489 e. The molecule has 2 aromatic rings. The molecule has 0 aliphatic carbocycles. The van der Waals surface area contributed by atoms with Crippen molar-refractivity contribution in [3.63, 3.8) is 0 Å². The van der Waals surface area contributed by atoms with Gasteiger partial charge in [-0.3, -0.25) is 9.36 Å². The van der Waals surface area contributed by atoms with Crippen molar-refractivity contribution < 1.29 is 23.1 Å². The van der Waals surface area contributed by atoms with Gasteiger partial charge in [0.2, 0.25) is 0 Å². The van der Waals surface area contributed by atoms with Gasteiger partial charge in [-0.25, -0.2) is 0 Å². The average molecular weight is 369 g/mol. The van der Waals surface area contributed by atoms with Crippen molar-refractivity contribution in [2.75, 3.05) is 20.4 Å². The fourth-order valence-corrected chi connectivity index (χ4v) is 3.14. The lowest BCUT2D eigenvalue weighted by atomic mass is 10.1. The zero-order chi connectivity index (χ0) is 17.6. The van der Waals surface area contributed by atoms with E-state index in [2.05, 4.69) is 0 Å². The Morgan fingerprint density at radius 2 is 1.79 bits per heavy atom. The summed E-state index contributed by atoms with van der Waals surface area (Å²) in [5.74, 6) is 0.177. The van der Waals surface area contributed by atoms with Gasteiger partial charge in [-0.2, -0.15) is 0 Å². The van der Waals surface area contributed by atoms with Crippen LogP contribution in [0.4, 0.5) is 0 Å². The largest absolute Gasteiger partial charge is 0.489 e. The summed E-state index contributed by atoms with van der Waals surface area (Å²) in [6.07, 6.45) is -0.325. The molecule has 0 saturated heterocycles. The van der Waals surface area contributed by atoms with Crippen LogP contribution >= 0.6 is 19.2 Å². The lowest BCUT2D eigenvalue weighted by Crippen LogP contribution is -2.08. The number of rotatable bonds is 8. The van der Waals surface area contributed by atoms with E-state index in [1.54, 1.807) is 30.3 Å². The Morgan fingerprint density at radius 1 is 1.08 bits per heavy atom. The van der Waals surface area contributed by atoms with Gasteiger partial charge in [0.25, 0.3) is 0 Å². The summed E-state index contributed by atoms with van der Waals surface area (Å²) in [5.41, 5.74) is 1.22. The third-order valence-corrected chi connectivity index (χ3v) is 5.56. The zero-order valence-electron chi connectivity index (χ0n) is 13.4. The van der Waals surface area contributed by atoms with E-state index in [-0.39, 0.29) is 18.6 Å². The Hall–Kier alpha value is -1.65. The van der Waals surface area contributed by atoms with E-state index in [1.807, 2.05) is 18.2 Å². The van der Waals surface area contributed by atoms with Crippen LogP contribution in [0.3, 0.4) is 0 Å². The third-order valence-electron chi connectivity index (χ3n) is 3.40. The van der Waals surface area contributed by atoms with Crippen molar-refractivity contribution in [1.29, 1.82) is 0 Å². The van der Waals surface area contributed by atoms with Crippen molar-refractivity contribution in [2.45, 2.75) is 6.61 Å². The highest BCUT2D eigenvalue weighted by Crippen LogP contribution is 2.46. The van der Waals surface area contributed by atoms with Crippen molar-refractivity contribution >= 4 is 25.0 Å². The van der Waals surface area contributed by atoms with E-state index in [0.717, 1.165) is 5.56 Å². The van der Waals surface area contributed by atoms with Gasteiger partial charge >= 0.3 is 7.60 Å². The monoisotopic (exact) mass is 368 g/mol. The van der Waals surface area contributed by atoms with Crippen molar-refractivity contribution in [2.24, 2.45) is 0 Å². The summed E-state index contributed by atoms with van der Waals surface area (Å²) < 4.78 is 27.3. The van der Waals surface area contributed by atoms with E-state index in [0.29, 0.717) is 16.3 Å². The quantitative estimate of drug-likeness (QED) is 0.504. The second kappa shape index (κ2) is 8.45. The minimum absolute atomic E-state index is 0.284. The fourth-order valence-electron chi connectivity index (χ4n) is 2.01. The van der Waals surface area contributed by atoms with E-state index in [4.69, 9.17) is 25.4 Å². The molecule has 0 aromatic heterocycles. The van der Waals surface area contributed by atoms with Gasteiger partial charge in [0.15, 0.2) is 5.78 Å². The first-order valence-corrected chi connectivity index (χ1v) is 9.28. The van der Waals surface area contributed by atoms with E-state index in [9.17, 15) is 9.36 Å². The highest BCUT2D eigenvalue weighted by atomic mass is 35.5. The summed E-state index contributed by atoms with van der Waals surface area (Å²) in [6, 6.07) is 14.0. The summed E-state index contributed by atoms with van der Waals surface area (Å²) >= 11 is 6.08. The molecule has 0 bridgehead atoms. The number of Topliss-reactive ketones (excluding diaryl/α,β-unsaturated/α-hetero) is 1. The van der Waals surface area contributed by atoms with Crippen molar-refractivity contribution in [1.82, 2.24) is 0 Å². The Balaban J connectivity index is 2.07. The van der Waals surface area contributed by atoms with Crippen LogP contribution < -0.4 is 4.74 Å². The molecule has 0 aliphatic rings. The highest BCUT2D eigenvalue weighted by Gasteiger charge is 2.26. The number of ether oxygens (including phenoxy) is 1. The molecule has 2 aromatic carbocycles. The second-order valence-corrected chi connectivity index (χ2v) is 7.64. The Kier molecular flexibility index (Phi) is 6.58. The first-order chi connectivity index (χ1) is 11.5. The minimum atomic E-state index is -3.40. The first-order valence-electron chi connectivity index (χ1n) is 7.17. The summed E-state index contributed by atoms with van der Waals surface area (Å²) in [5, 5.41) is 0.617. The summed E-state index contributed by atoms with van der Waals surface area (Å²) in [6.45, 7) is 0.284. The van der Waals surface area contributed by atoms with Crippen LogP contribution in [0.1, 0.15) is 15.9 Å². The molecule has 0 aliphatic heterocycles. The van der Waals surface area contributed by atoms with Gasteiger partial charge in [0.05, 0.1) is 0 Å². The van der Waals surface area contributed by atoms with Crippen LogP contribution in [0.2, 0.25) is 5.02 Å². The van der Waals surface area contributed by atoms with Crippen molar-refractivity contribution in [3.05, 3.63) is 64.7 Å². The van der Waals surface area contributed by atoms with Gasteiger partial charge in [-0.05, 0) is 18.2 Å². The molecule has 0 heterocycles. The molecular weight excluding hydrogens is 351 g/mol. The number of hydrogen-bond acceptors (Lipinski definition) is 5. The maximum absolute atomic E-state index is 12.2. The molecule has 128 valence electrons. The van der Waals surface area contributed by atoms with Gasteiger partial charge < -0.3 is 13.8 Å². The maximum Gasteiger partial charge on any atom is 0.337 e. The number of ketones is 1. The molecule has 0 N–H and O–H groups in total. The molecule has 0 atom stereocenters. The van der Waals surface area contributed by atoms with Gasteiger partial charge in [-0.1, -0.05) is 41.9 Å². The number of carbonyl (C=O) groups excluding carboxylic acids is 1. The molecule has 0 saturated carbocycles. The fraction of sp³-hybridized carbons (Fsp3) is 0.235. The number of halogens is 1. The van der Waals surface area contributed by atoms with Gasteiger partial charge in [0, 0.05) is 30.4 Å². The average Bonchev–Trinajstić information content (AvgIpc) is 2.61. The third kappa shape index (κ3) is 4.92. The SMILES string of the molecule is COP(=O)(CC(=O)c1cccc(OCc2ccccc2Cl)c1)OC. The van der Waals surface area contributed by atoms with E-state index in [1.165, 1.54) is 14.2 Å². The van der Waals surface area contributed by atoms with Gasteiger partial charge in [0.1, 0.15) is 18.5 Å². The van der Waals surface area contributed by atoms with Crippen LogP contribution in [-0.4, -0.2) is 26.2 Å². The summed E-state index contributed by atoms with van der Waals surface area (Å²) in [4.78, 5) is 12.2. The number of carbonyl (C=O) groups is 1. The molecule has 7 heteroatoms. The lowest BCUT2D eigenvalue weighted by Gasteiger charge is -2.13. The zero-order valence-corrected chi connectivity index (χ0v) is 15.0. The van der Waals surface area contributed by atoms with Crippen LogP contribution in [-0.2, 0) is 20.2 Å². The normalized spacial score (nSPS) is 11.3. The van der Waals surface area contributed by atoms with Crippen LogP contribution in [0, 0.1) is 0 Å². The second-order valence-electron chi connectivity index (χ2n) is 4.97. The standard InChI is InChI=1S/C17H18ClO5P/c1-21-24(20,22-2)12-17(19)13-7-5-8-15(10-13)23-11-14-6-3-4-9-16(14)18/h3-10H,11-12H2,1-2H3. The first kappa shape index (κ1) is 18.7. The molecule has 2 rings (SSSR count). The van der Waals surface area contributed by atoms with Crippen LogP contribution in [0.25, 0.3) is 0 Å². The molecule has 0 unspecified atom stereocenters. The smallest absolute Gasteiger partial charge is 0.337 e. The lowest BCUT2D eigenvalue weighted by molar-refractivity contribution is 0.101. The van der Waals surface area contributed by atoms with E-state index >= 15 is 0 Å².